The first-order chi connectivity index (χ1) is 14.0. The smallest absolute Gasteiger partial charge is 0.333 e. The van der Waals surface area contributed by atoms with Crippen LogP contribution in [-0.2, 0) is 29.8 Å². The van der Waals surface area contributed by atoms with E-state index in [-0.39, 0.29) is 26.0 Å². The molecule has 7 nitrogen and oxygen atoms in total. The summed E-state index contributed by atoms with van der Waals surface area (Å²) >= 11 is 0. The number of benzene rings is 2. The number of ether oxygens (including phenoxy) is 1. The predicted molar refractivity (Wildman–Crippen MR) is 110 cm³/mol. The molecule has 0 unspecified atom stereocenters. The van der Waals surface area contributed by atoms with Crippen LogP contribution < -0.4 is 5.32 Å². The molecule has 2 aromatic carbocycles. The zero-order valence-electron chi connectivity index (χ0n) is 16.6. The summed E-state index contributed by atoms with van der Waals surface area (Å²) in [6.45, 7) is 3.68. The lowest BCUT2D eigenvalue weighted by atomic mass is 10.2. The van der Waals surface area contributed by atoms with Crippen LogP contribution in [0.15, 0.2) is 60.7 Å². The molecule has 0 fully saturated rings. The van der Waals surface area contributed by atoms with E-state index in [4.69, 9.17) is 13.8 Å². The third kappa shape index (κ3) is 7.46. The maximum atomic E-state index is 12.9. The average molecular weight is 419 g/mol. The molecule has 2 rings (SSSR count). The minimum absolute atomic E-state index is 0.0327. The van der Waals surface area contributed by atoms with E-state index in [0.717, 1.165) is 5.56 Å². The summed E-state index contributed by atoms with van der Waals surface area (Å²) in [5.74, 6) is -1.19. The molecule has 0 bridgehead atoms. The number of hydrogen-bond donors (Lipinski definition) is 1. The number of esters is 1. The SMILES string of the molecule is CCOP(=O)(C[C@H](NC(=O)c1ccccc1)C(=O)OCc1ccccc1)OCC. The van der Waals surface area contributed by atoms with E-state index in [9.17, 15) is 14.2 Å². The highest BCUT2D eigenvalue weighted by Crippen LogP contribution is 2.48. The van der Waals surface area contributed by atoms with E-state index < -0.39 is 25.5 Å². The van der Waals surface area contributed by atoms with Gasteiger partial charge in [-0.3, -0.25) is 9.36 Å². The van der Waals surface area contributed by atoms with Crippen molar-refractivity contribution in [3.63, 3.8) is 0 Å². The van der Waals surface area contributed by atoms with Crippen molar-refractivity contribution in [3.05, 3.63) is 71.8 Å². The molecule has 29 heavy (non-hydrogen) atoms. The van der Waals surface area contributed by atoms with E-state index in [1.807, 2.05) is 30.3 Å². The highest BCUT2D eigenvalue weighted by Gasteiger charge is 2.34. The molecule has 1 atom stereocenters. The maximum absolute atomic E-state index is 12.9. The van der Waals surface area contributed by atoms with Gasteiger partial charge in [0.1, 0.15) is 12.6 Å². The van der Waals surface area contributed by atoms with Crippen LogP contribution in [0.5, 0.6) is 0 Å². The Morgan fingerprint density at radius 3 is 2.03 bits per heavy atom. The summed E-state index contributed by atoms with van der Waals surface area (Å²) in [7, 11) is -3.59. The van der Waals surface area contributed by atoms with Gasteiger partial charge in [0.15, 0.2) is 0 Å². The van der Waals surface area contributed by atoms with Gasteiger partial charge < -0.3 is 19.1 Å². The Morgan fingerprint density at radius 1 is 0.931 bits per heavy atom. The number of carbonyl (C=O) groups excluding carboxylic acids is 2. The summed E-state index contributed by atoms with van der Waals surface area (Å²) in [5, 5.41) is 2.60. The van der Waals surface area contributed by atoms with Gasteiger partial charge in [-0.2, -0.15) is 0 Å². The van der Waals surface area contributed by atoms with Crippen molar-refractivity contribution >= 4 is 19.5 Å². The van der Waals surface area contributed by atoms with E-state index >= 15 is 0 Å². The van der Waals surface area contributed by atoms with Gasteiger partial charge in [-0.15, -0.1) is 0 Å². The molecular weight excluding hydrogens is 393 g/mol. The normalized spacial score (nSPS) is 12.2. The fraction of sp³-hybridized carbons (Fsp3) is 0.333. The van der Waals surface area contributed by atoms with Crippen molar-refractivity contribution in [1.82, 2.24) is 5.32 Å². The van der Waals surface area contributed by atoms with Crippen LogP contribution >= 0.6 is 7.60 Å². The molecule has 0 aliphatic carbocycles. The van der Waals surface area contributed by atoms with Crippen LogP contribution in [0.4, 0.5) is 0 Å². The van der Waals surface area contributed by atoms with E-state index in [2.05, 4.69) is 5.32 Å². The topological polar surface area (TPSA) is 90.9 Å². The van der Waals surface area contributed by atoms with Gasteiger partial charge in [-0.25, -0.2) is 4.79 Å². The average Bonchev–Trinajstić information content (AvgIpc) is 2.73. The monoisotopic (exact) mass is 419 g/mol. The van der Waals surface area contributed by atoms with Crippen molar-refractivity contribution in [1.29, 1.82) is 0 Å². The van der Waals surface area contributed by atoms with Crippen molar-refractivity contribution in [2.75, 3.05) is 19.4 Å². The lowest BCUT2D eigenvalue weighted by Gasteiger charge is -2.23. The standard InChI is InChI=1S/C21H26NO6P/c1-3-27-29(25,28-4-2)16-19(22-20(23)18-13-9-6-10-14-18)21(24)26-15-17-11-7-5-8-12-17/h5-14,19H,3-4,15-16H2,1-2H3,(H,22,23)/t19-/m0/s1. The van der Waals surface area contributed by atoms with Crippen LogP contribution in [0.2, 0.25) is 0 Å². The lowest BCUT2D eigenvalue weighted by molar-refractivity contribution is -0.146. The molecule has 0 saturated carbocycles. The zero-order chi connectivity index (χ0) is 21.1. The molecule has 1 amide bonds. The fourth-order valence-electron chi connectivity index (χ4n) is 2.60. The molecular formula is C21H26NO6P. The van der Waals surface area contributed by atoms with Gasteiger partial charge in [0.25, 0.3) is 5.91 Å². The van der Waals surface area contributed by atoms with Gasteiger partial charge in [0.05, 0.1) is 19.4 Å². The third-order valence-corrected chi connectivity index (χ3v) is 6.02. The summed E-state index contributed by atoms with van der Waals surface area (Å²) in [6, 6.07) is 16.4. The van der Waals surface area contributed by atoms with Crippen molar-refractivity contribution < 1.29 is 27.9 Å². The van der Waals surface area contributed by atoms with Crippen LogP contribution in [0, 0.1) is 0 Å². The Balaban J connectivity index is 2.15. The number of rotatable bonds is 11. The molecule has 8 heteroatoms. The van der Waals surface area contributed by atoms with Gasteiger partial charge >= 0.3 is 13.6 Å². The second kappa shape index (κ2) is 11.5. The Labute approximate surface area is 170 Å². The largest absolute Gasteiger partial charge is 0.459 e. The molecule has 0 heterocycles. The molecule has 0 spiro atoms. The Morgan fingerprint density at radius 2 is 1.48 bits per heavy atom. The first-order valence-electron chi connectivity index (χ1n) is 9.42. The first-order valence-corrected chi connectivity index (χ1v) is 11.1. The van der Waals surface area contributed by atoms with Crippen LogP contribution in [-0.4, -0.2) is 37.3 Å². The molecule has 0 aliphatic rings. The van der Waals surface area contributed by atoms with E-state index in [0.29, 0.717) is 5.56 Å². The first kappa shape index (κ1) is 22.8. The van der Waals surface area contributed by atoms with Crippen LogP contribution in [0.3, 0.4) is 0 Å². The highest BCUT2D eigenvalue weighted by molar-refractivity contribution is 7.54. The quantitative estimate of drug-likeness (QED) is 0.440. The highest BCUT2D eigenvalue weighted by atomic mass is 31.2. The van der Waals surface area contributed by atoms with Gasteiger partial charge in [-0.05, 0) is 31.5 Å². The molecule has 1 N–H and O–H groups in total. The predicted octanol–water partition coefficient (Wildman–Crippen LogP) is 3.79. The van der Waals surface area contributed by atoms with Crippen molar-refractivity contribution in [2.24, 2.45) is 0 Å². The van der Waals surface area contributed by atoms with E-state index in [1.54, 1.807) is 44.2 Å². The zero-order valence-corrected chi connectivity index (χ0v) is 17.5. The Bertz CT molecular complexity index is 818. The third-order valence-electron chi connectivity index (χ3n) is 3.91. The Hall–Kier alpha value is -2.47. The number of amides is 1. The number of hydrogen-bond acceptors (Lipinski definition) is 6. The van der Waals surface area contributed by atoms with Gasteiger partial charge in [0.2, 0.25) is 0 Å². The van der Waals surface area contributed by atoms with Crippen molar-refractivity contribution in [2.45, 2.75) is 26.5 Å². The van der Waals surface area contributed by atoms with Gasteiger partial charge in [0, 0.05) is 5.56 Å². The summed E-state index contributed by atoms with van der Waals surface area (Å²) < 4.78 is 28.8. The number of nitrogens with one attached hydrogen (secondary N) is 1. The van der Waals surface area contributed by atoms with Crippen LogP contribution in [0.25, 0.3) is 0 Å². The summed E-state index contributed by atoms with van der Waals surface area (Å²) in [4.78, 5) is 25.2. The molecule has 156 valence electrons. The minimum Gasteiger partial charge on any atom is -0.459 e. The van der Waals surface area contributed by atoms with E-state index in [1.165, 1.54) is 0 Å². The lowest BCUT2D eigenvalue weighted by Crippen LogP contribution is -2.44. The molecule has 0 radical (unpaired) electrons. The number of carbonyl (C=O) groups is 2. The van der Waals surface area contributed by atoms with Crippen LogP contribution in [0.1, 0.15) is 29.8 Å². The second-order valence-corrected chi connectivity index (χ2v) is 8.22. The van der Waals surface area contributed by atoms with Gasteiger partial charge in [-0.1, -0.05) is 48.5 Å². The molecule has 0 aromatic heterocycles. The Kier molecular flexibility index (Phi) is 9.06. The molecule has 0 saturated heterocycles. The summed E-state index contributed by atoms with van der Waals surface area (Å²) in [6.07, 6.45) is -0.319. The maximum Gasteiger partial charge on any atom is 0.333 e. The minimum atomic E-state index is -3.59. The summed E-state index contributed by atoms with van der Waals surface area (Å²) in [5.41, 5.74) is 1.17. The second-order valence-electron chi connectivity index (χ2n) is 6.11. The molecule has 2 aromatic rings. The van der Waals surface area contributed by atoms with Crippen molar-refractivity contribution in [3.8, 4) is 0 Å². The fourth-order valence-corrected chi connectivity index (χ4v) is 4.36. The molecule has 0 aliphatic heterocycles.